The monoisotopic (exact) mass is 860 g/mol. The molecule has 0 spiro atoms. The van der Waals surface area contributed by atoms with Crippen LogP contribution in [0.4, 0.5) is 0 Å². The van der Waals surface area contributed by atoms with E-state index >= 15 is 0 Å². The van der Waals surface area contributed by atoms with E-state index in [-0.39, 0.29) is 0 Å². The molecule has 0 aliphatic heterocycles. The zero-order valence-electron chi connectivity index (χ0n) is 35.5. The molecule has 0 radical (unpaired) electrons. The number of nitrogens with zero attached hydrogens (tertiary/aromatic N) is 16. The summed E-state index contributed by atoms with van der Waals surface area (Å²) in [6.45, 7) is 7.38. The summed E-state index contributed by atoms with van der Waals surface area (Å²) in [4.78, 5) is 43.5. The van der Waals surface area contributed by atoms with Crippen molar-refractivity contribution in [2.45, 2.75) is 27.7 Å². The summed E-state index contributed by atoms with van der Waals surface area (Å²) in [5, 5.41) is 12.9. The molecule has 12 aromatic heterocycles. The van der Waals surface area contributed by atoms with Crippen LogP contribution in [-0.4, -0.2) is 78.7 Å². The molecule has 0 unspecified atom stereocenters. The number of fused-ring (bicyclic) bond motifs is 3. The van der Waals surface area contributed by atoms with Gasteiger partial charge in [-0.05, 0) is 67.1 Å². The summed E-state index contributed by atoms with van der Waals surface area (Å²) < 4.78 is 21.0. The van der Waals surface area contributed by atoms with Gasteiger partial charge in [-0.15, -0.1) is 0 Å². The molecule has 0 aliphatic rings. The molecule has 318 valence electrons. The highest BCUT2D eigenvalue weighted by Crippen LogP contribution is 2.27. The molecular weight excluding hydrogens is 825 g/mol. The summed E-state index contributed by atoms with van der Waals surface area (Å²) in [6.07, 6.45) is 20.2. The quantitative estimate of drug-likeness (QED) is 0.154. The van der Waals surface area contributed by atoms with Gasteiger partial charge >= 0.3 is 0 Å². The van der Waals surface area contributed by atoms with Crippen LogP contribution in [0.3, 0.4) is 0 Å². The fraction of sp³-hybridized carbons (Fsp3) is 0.109. The van der Waals surface area contributed by atoms with Crippen LogP contribution in [0.1, 0.15) is 23.2 Å². The Kier molecular flexibility index (Phi) is 10.4. The molecule has 19 nitrogen and oxygen atoms in total. The largest absolute Gasteiger partial charge is 0.350 e. The first-order valence-electron chi connectivity index (χ1n) is 20.2. The maximum Gasteiger partial charge on any atom is 0.223 e. The number of aromatic nitrogens is 16. The topological polar surface area (TPSA) is 221 Å². The normalized spacial score (nSPS) is 11.2. The van der Waals surface area contributed by atoms with Crippen molar-refractivity contribution < 1.29 is 13.6 Å². The Hall–Kier alpha value is -9.13. The lowest BCUT2D eigenvalue weighted by atomic mass is 10.1. The van der Waals surface area contributed by atoms with E-state index in [1.165, 1.54) is 5.56 Å². The molecule has 19 heteroatoms. The standard InChI is InChI=1S/C17H15N5O.C15H11N5O.C14H10N6O/c1-10-9-22(3)16-7-15(19-8-13(10)16)14-6-12(4-5-18-14)17-20-11(2)23-21-17;1-10-17-15(19-21-10)11-5-6-16-12(8-11)13-9-20-7-3-2-4-14(20)18-13;1-9-17-14(19-21-9)10-2-3-16-11(6-10)12-8-20-5-4-15-7-13(20)18-12/h4-9H,1-3H3;2-9H,1H3;2-8H,1H3. The Balaban J connectivity index is 0.000000115. The maximum atomic E-state index is 5.04. The first kappa shape index (κ1) is 40.0. The smallest absolute Gasteiger partial charge is 0.223 e. The first-order chi connectivity index (χ1) is 31.7. The zero-order valence-corrected chi connectivity index (χ0v) is 35.5. The van der Waals surface area contributed by atoms with Crippen molar-refractivity contribution in [3.05, 3.63) is 152 Å². The average Bonchev–Trinajstić information content (AvgIpc) is 4.22. The third-order valence-electron chi connectivity index (χ3n) is 10.1. The molecule has 0 N–H and O–H groups in total. The fourth-order valence-corrected chi connectivity index (χ4v) is 7.01. The van der Waals surface area contributed by atoms with Crippen LogP contribution >= 0.6 is 0 Å². The molecule has 0 aromatic carbocycles. The second-order valence-corrected chi connectivity index (χ2v) is 14.8. The van der Waals surface area contributed by atoms with Crippen LogP contribution in [0.15, 0.2) is 142 Å². The van der Waals surface area contributed by atoms with Crippen molar-refractivity contribution in [2.75, 3.05) is 0 Å². The van der Waals surface area contributed by atoms with E-state index < -0.39 is 0 Å². The summed E-state index contributed by atoms with van der Waals surface area (Å²) in [5.41, 5.74) is 11.3. The molecule has 12 aromatic rings. The van der Waals surface area contributed by atoms with E-state index in [4.69, 9.17) is 13.6 Å². The second-order valence-electron chi connectivity index (χ2n) is 14.8. The molecule has 0 saturated heterocycles. The van der Waals surface area contributed by atoms with Gasteiger partial charge in [0.25, 0.3) is 0 Å². The van der Waals surface area contributed by atoms with Gasteiger partial charge in [0, 0.05) is 112 Å². The number of aryl methyl sites for hydroxylation is 5. The number of rotatable bonds is 6. The number of pyridine rings is 5. The van der Waals surface area contributed by atoms with Crippen molar-refractivity contribution in [1.29, 1.82) is 0 Å². The molecule has 0 fully saturated rings. The van der Waals surface area contributed by atoms with Crippen LogP contribution < -0.4 is 0 Å². The number of hydrogen-bond donors (Lipinski definition) is 0. The van der Waals surface area contributed by atoms with E-state index in [1.807, 2.05) is 101 Å². The van der Waals surface area contributed by atoms with Crippen LogP contribution in [0, 0.1) is 27.7 Å². The Morgan fingerprint density at radius 3 is 1.48 bits per heavy atom. The second kappa shape index (κ2) is 17.0. The molecular formula is C46H36N16O3. The van der Waals surface area contributed by atoms with Crippen LogP contribution in [0.25, 0.3) is 90.5 Å². The summed E-state index contributed by atoms with van der Waals surface area (Å²) in [5.74, 6) is 3.26. The Morgan fingerprint density at radius 2 is 0.969 bits per heavy atom. The van der Waals surface area contributed by atoms with E-state index in [0.717, 1.165) is 73.1 Å². The Morgan fingerprint density at radius 1 is 0.462 bits per heavy atom. The van der Waals surface area contributed by atoms with Gasteiger partial charge in [-0.3, -0.25) is 24.9 Å². The summed E-state index contributed by atoms with van der Waals surface area (Å²) in [6, 6.07) is 19.2. The van der Waals surface area contributed by atoms with Gasteiger partial charge in [0.1, 0.15) is 17.0 Å². The van der Waals surface area contributed by atoms with E-state index in [0.29, 0.717) is 35.1 Å². The van der Waals surface area contributed by atoms with E-state index in [9.17, 15) is 0 Å². The molecule has 0 amide bonds. The van der Waals surface area contributed by atoms with Gasteiger partial charge in [0.05, 0.1) is 34.5 Å². The van der Waals surface area contributed by atoms with Crippen molar-refractivity contribution in [1.82, 2.24) is 78.7 Å². The minimum atomic E-state index is 0.530. The first-order valence-corrected chi connectivity index (χ1v) is 20.2. The minimum Gasteiger partial charge on any atom is -0.350 e. The average molecular weight is 861 g/mol. The lowest BCUT2D eigenvalue weighted by Crippen LogP contribution is -1.91. The van der Waals surface area contributed by atoms with Crippen molar-refractivity contribution in [3.8, 4) is 68.3 Å². The molecule has 12 rings (SSSR count). The van der Waals surface area contributed by atoms with Gasteiger partial charge < -0.3 is 26.9 Å². The maximum absolute atomic E-state index is 5.04. The van der Waals surface area contributed by atoms with Gasteiger partial charge in [-0.1, -0.05) is 21.5 Å². The minimum absolute atomic E-state index is 0.530. The lowest BCUT2D eigenvalue weighted by molar-refractivity contribution is 0.394. The highest BCUT2D eigenvalue weighted by Gasteiger charge is 2.14. The van der Waals surface area contributed by atoms with Gasteiger partial charge in [-0.25, -0.2) is 9.97 Å². The third kappa shape index (κ3) is 8.43. The molecule has 0 saturated carbocycles. The highest BCUT2D eigenvalue weighted by molar-refractivity contribution is 5.86. The van der Waals surface area contributed by atoms with Crippen molar-refractivity contribution in [2.24, 2.45) is 7.05 Å². The van der Waals surface area contributed by atoms with Crippen LogP contribution in [-0.2, 0) is 7.05 Å². The Labute approximate surface area is 368 Å². The fourth-order valence-electron chi connectivity index (χ4n) is 7.01. The predicted octanol–water partition coefficient (Wildman–Crippen LogP) is 8.21. The van der Waals surface area contributed by atoms with Crippen LogP contribution in [0.2, 0.25) is 0 Å². The molecule has 0 bridgehead atoms. The number of imidazole rings is 2. The SMILES string of the molecule is Cc1nc(-c2ccnc(-c3cc4c(cn3)c(C)cn4C)c2)no1.Cc1nc(-c2ccnc(-c3cn4ccccc4n3)c2)no1.Cc1nc(-c2ccnc(-c3cn4ccncc4n3)c2)no1. The highest BCUT2D eigenvalue weighted by atomic mass is 16.5. The summed E-state index contributed by atoms with van der Waals surface area (Å²) in [7, 11) is 2.03. The van der Waals surface area contributed by atoms with Crippen LogP contribution in [0.5, 0.6) is 0 Å². The Bertz CT molecular complexity index is 3400. The molecule has 0 atom stereocenters. The van der Waals surface area contributed by atoms with E-state index in [2.05, 4.69) is 89.1 Å². The van der Waals surface area contributed by atoms with Crippen molar-refractivity contribution >= 4 is 22.2 Å². The molecule has 65 heavy (non-hydrogen) atoms. The lowest BCUT2D eigenvalue weighted by Gasteiger charge is -2.03. The van der Waals surface area contributed by atoms with Gasteiger partial charge in [-0.2, -0.15) is 15.0 Å². The van der Waals surface area contributed by atoms with E-state index in [1.54, 1.807) is 51.8 Å². The molecule has 12 heterocycles. The van der Waals surface area contributed by atoms with Gasteiger partial charge in [0.15, 0.2) is 5.65 Å². The summed E-state index contributed by atoms with van der Waals surface area (Å²) >= 11 is 0. The van der Waals surface area contributed by atoms with Gasteiger partial charge in [0.2, 0.25) is 35.1 Å². The molecule has 0 aliphatic carbocycles. The number of hydrogen-bond acceptors (Lipinski definition) is 16. The zero-order chi connectivity index (χ0) is 44.4. The predicted molar refractivity (Wildman–Crippen MR) is 237 cm³/mol. The van der Waals surface area contributed by atoms with Crippen molar-refractivity contribution in [3.63, 3.8) is 0 Å². The third-order valence-corrected chi connectivity index (χ3v) is 10.1.